The standard InChI is InChI=1S/C12H18N2O3S/c1-13-18(15,16)14-9-5-8-12(10-14)17-11-6-3-2-4-7-11/h2-4,6-7,12-13H,5,8-10H2,1H3. The molecule has 2 rings (SSSR count). The summed E-state index contributed by atoms with van der Waals surface area (Å²) < 4.78 is 33.0. The summed E-state index contributed by atoms with van der Waals surface area (Å²) in [7, 11) is -1.92. The molecule has 1 aromatic rings. The van der Waals surface area contributed by atoms with Crippen molar-refractivity contribution in [1.29, 1.82) is 0 Å². The van der Waals surface area contributed by atoms with Crippen molar-refractivity contribution in [2.75, 3.05) is 20.1 Å². The van der Waals surface area contributed by atoms with Crippen LogP contribution in [0.1, 0.15) is 12.8 Å². The fraction of sp³-hybridized carbons (Fsp3) is 0.500. The van der Waals surface area contributed by atoms with Crippen LogP contribution in [0.25, 0.3) is 0 Å². The third-order valence-electron chi connectivity index (χ3n) is 2.98. The second kappa shape index (κ2) is 5.69. The van der Waals surface area contributed by atoms with Crippen molar-refractivity contribution in [2.45, 2.75) is 18.9 Å². The van der Waals surface area contributed by atoms with Crippen molar-refractivity contribution in [3.63, 3.8) is 0 Å². The van der Waals surface area contributed by atoms with Crippen molar-refractivity contribution in [3.05, 3.63) is 30.3 Å². The summed E-state index contributed by atoms with van der Waals surface area (Å²) in [5, 5.41) is 0. The van der Waals surface area contributed by atoms with Gasteiger partial charge in [-0.15, -0.1) is 0 Å². The number of hydrogen-bond donors (Lipinski definition) is 1. The molecule has 1 atom stereocenters. The Hall–Kier alpha value is -1.11. The van der Waals surface area contributed by atoms with Gasteiger partial charge in [0, 0.05) is 13.6 Å². The lowest BCUT2D eigenvalue weighted by molar-refractivity contribution is 0.129. The van der Waals surface area contributed by atoms with Crippen LogP contribution in [0.4, 0.5) is 0 Å². The third kappa shape index (κ3) is 3.22. The molecule has 1 aliphatic rings. The van der Waals surface area contributed by atoms with Crippen molar-refractivity contribution >= 4 is 10.2 Å². The molecule has 0 bridgehead atoms. The van der Waals surface area contributed by atoms with E-state index in [9.17, 15) is 8.42 Å². The van der Waals surface area contributed by atoms with E-state index in [1.54, 1.807) is 0 Å². The van der Waals surface area contributed by atoms with Crippen LogP contribution < -0.4 is 9.46 Å². The van der Waals surface area contributed by atoms with Gasteiger partial charge in [0.1, 0.15) is 11.9 Å². The van der Waals surface area contributed by atoms with Gasteiger partial charge in [-0.05, 0) is 25.0 Å². The minimum atomic E-state index is -3.34. The molecule has 1 aliphatic heterocycles. The molecule has 0 amide bonds. The van der Waals surface area contributed by atoms with Gasteiger partial charge in [-0.1, -0.05) is 18.2 Å². The van der Waals surface area contributed by atoms with Crippen molar-refractivity contribution in [1.82, 2.24) is 9.03 Å². The summed E-state index contributed by atoms with van der Waals surface area (Å²) in [5.41, 5.74) is 0. The average Bonchev–Trinajstić information content (AvgIpc) is 2.40. The summed E-state index contributed by atoms with van der Waals surface area (Å²) in [6.45, 7) is 0.954. The summed E-state index contributed by atoms with van der Waals surface area (Å²) in [5.74, 6) is 0.784. The summed E-state index contributed by atoms with van der Waals surface area (Å²) in [6, 6.07) is 9.49. The van der Waals surface area contributed by atoms with Crippen LogP contribution in [0.15, 0.2) is 30.3 Å². The highest BCUT2D eigenvalue weighted by Crippen LogP contribution is 2.19. The van der Waals surface area contributed by atoms with Gasteiger partial charge >= 0.3 is 0 Å². The van der Waals surface area contributed by atoms with Gasteiger partial charge in [0.05, 0.1) is 6.54 Å². The zero-order chi connectivity index (χ0) is 13.0. The monoisotopic (exact) mass is 270 g/mol. The maximum atomic E-state index is 11.7. The number of ether oxygens (including phenoxy) is 1. The van der Waals surface area contributed by atoms with Gasteiger partial charge in [-0.3, -0.25) is 0 Å². The molecule has 1 aromatic carbocycles. The van der Waals surface area contributed by atoms with Crippen LogP contribution in [0, 0.1) is 0 Å². The van der Waals surface area contributed by atoms with Gasteiger partial charge in [-0.2, -0.15) is 12.7 Å². The van der Waals surface area contributed by atoms with E-state index in [4.69, 9.17) is 4.74 Å². The molecule has 1 N–H and O–H groups in total. The van der Waals surface area contributed by atoms with E-state index in [0.717, 1.165) is 18.6 Å². The number of para-hydroxylation sites is 1. The van der Waals surface area contributed by atoms with Crippen molar-refractivity contribution < 1.29 is 13.2 Å². The first-order valence-corrected chi connectivity index (χ1v) is 7.46. The Labute approximate surface area is 108 Å². The fourth-order valence-electron chi connectivity index (χ4n) is 2.04. The first kappa shape index (κ1) is 13.3. The van der Waals surface area contributed by atoms with Crippen LogP contribution in [-0.2, 0) is 10.2 Å². The Morgan fingerprint density at radius 2 is 2.06 bits per heavy atom. The molecule has 6 heteroatoms. The Morgan fingerprint density at radius 1 is 1.33 bits per heavy atom. The maximum absolute atomic E-state index is 11.7. The zero-order valence-corrected chi connectivity index (χ0v) is 11.2. The molecule has 0 aromatic heterocycles. The predicted molar refractivity (Wildman–Crippen MR) is 69.6 cm³/mol. The molecule has 1 fully saturated rings. The molecule has 0 aliphatic carbocycles. The molecular formula is C12H18N2O3S. The van der Waals surface area contributed by atoms with Crippen molar-refractivity contribution in [3.8, 4) is 5.75 Å². The number of nitrogens with one attached hydrogen (secondary N) is 1. The SMILES string of the molecule is CNS(=O)(=O)N1CCCC(Oc2ccccc2)C1. The molecule has 5 nitrogen and oxygen atoms in total. The van der Waals surface area contributed by atoms with E-state index in [0.29, 0.717) is 13.1 Å². The number of benzene rings is 1. The maximum Gasteiger partial charge on any atom is 0.279 e. The minimum absolute atomic E-state index is 0.0794. The Balaban J connectivity index is 1.99. The molecule has 18 heavy (non-hydrogen) atoms. The van der Waals surface area contributed by atoms with Crippen LogP contribution in [-0.4, -0.2) is 39.0 Å². The van der Waals surface area contributed by atoms with Gasteiger partial charge in [0.25, 0.3) is 10.2 Å². The number of hydrogen-bond acceptors (Lipinski definition) is 3. The van der Waals surface area contributed by atoms with Crippen molar-refractivity contribution in [2.24, 2.45) is 0 Å². The van der Waals surface area contributed by atoms with Gasteiger partial charge in [0.15, 0.2) is 0 Å². The van der Waals surface area contributed by atoms with E-state index in [-0.39, 0.29) is 6.10 Å². The molecular weight excluding hydrogens is 252 g/mol. The van der Waals surface area contributed by atoms with Crippen LogP contribution in [0.5, 0.6) is 5.75 Å². The summed E-state index contributed by atoms with van der Waals surface area (Å²) >= 11 is 0. The fourth-order valence-corrected chi connectivity index (χ4v) is 3.03. The highest BCUT2D eigenvalue weighted by molar-refractivity contribution is 7.87. The predicted octanol–water partition coefficient (Wildman–Crippen LogP) is 0.994. The van der Waals surface area contributed by atoms with Crippen LogP contribution in [0.2, 0.25) is 0 Å². The molecule has 0 spiro atoms. The van der Waals surface area contributed by atoms with Gasteiger partial charge in [0.2, 0.25) is 0 Å². The molecule has 1 saturated heterocycles. The zero-order valence-electron chi connectivity index (χ0n) is 10.4. The highest BCUT2D eigenvalue weighted by atomic mass is 32.2. The van der Waals surface area contributed by atoms with Crippen LogP contribution >= 0.6 is 0 Å². The largest absolute Gasteiger partial charge is 0.489 e. The lowest BCUT2D eigenvalue weighted by Gasteiger charge is -2.31. The van der Waals surface area contributed by atoms with E-state index < -0.39 is 10.2 Å². The highest BCUT2D eigenvalue weighted by Gasteiger charge is 2.28. The van der Waals surface area contributed by atoms with E-state index in [2.05, 4.69) is 4.72 Å². The average molecular weight is 270 g/mol. The summed E-state index contributed by atoms with van der Waals surface area (Å²) in [4.78, 5) is 0. The quantitative estimate of drug-likeness (QED) is 0.887. The number of piperidine rings is 1. The Bertz CT molecular complexity index is 475. The molecule has 0 saturated carbocycles. The molecule has 1 heterocycles. The molecule has 100 valence electrons. The topological polar surface area (TPSA) is 58.6 Å². The second-order valence-corrected chi connectivity index (χ2v) is 6.14. The second-order valence-electron chi connectivity index (χ2n) is 4.26. The smallest absolute Gasteiger partial charge is 0.279 e. The number of nitrogens with zero attached hydrogens (tertiary/aromatic N) is 1. The Kier molecular flexibility index (Phi) is 4.21. The first-order chi connectivity index (χ1) is 8.62. The molecule has 0 radical (unpaired) electrons. The van der Waals surface area contributed by atoms with Crippen LogP contribution in [0.3, 0.4) is 0 Å². The van der Waals surface area contributed by atoms with E-state index in [1.807, 2.05) is 30.3 Å². The minimum Gasteiger partial charge on any atom is -0.489 e. The number of rotatable bonds is 4. The van der Waals surface area contributed by atoms with E-state index in [1.165, 1.54) is 11.4 Å². The lowest BCUT2D eigenvalue weighted by atomic mass is 10.1. The van der Waals surface area contributed by atoms with Gasteiger partial charge < -0.3 is 4.74 Å². The normalized spacial score (nSPS) is 21.7. The summed E-state index contributed by atoms with van der Waals surface area (Å²) in [6.07, 6.45) is 1.62. The first-order valence-electron chi connectivity index (χ1n) is 6.02. The third-order valence-corrected chi connectivity index (χ3v) is 4.51. The van der Waals surface area contributed by atoms with Gasteiger partial charge in [-0.25, -0.2) is 4.72 Å². The Morgan fingerprint density at radius 3 is 2.72 bits per heavy atom. The lowest BCUT2D eigenvalue weighted by Crippen LogP contribution is -2.48. The van der Waals surface area contributed by atoms with E-state index >= 15 is 0 Å². The molecule has 1 unspecified atom stereocenters.